The molecule has 1 saturated heterocycles. The highest BCUT2D eigenvalue weighted by atomic mass is 16.4. The average Bonchev–Trinajstić information content (AvgIpc) is 2.59. The lowest BCUT2D eigenvalue weighted by Crippen LogP contribution is -2.32. The zero-order valence-corrected chi connectivity index (χ0v) is 10.2. The summed E-state index contributed by atoms with van der Waals surface area (Å²) < 4.78 is 0. The third-order valence-corrected chi connectivity index (χ3v) is 3.03. The molecule has 7 nitrogen and oxygen atoms in total. The first kappa shape index (κ1) is 12.9. The molecular weight excluding hydrogens is 250 g/mol. The summed E-state index contributed by atoms with van der Waals surface area (Å²) in [5.74, 6) is -1.86. The Morgan fingerprint density at radius 2 is 2.16 bits per heavy atom. The summed E-state index contributed by atoms with van der Waals surface area (Å²) in [6.45, 7) is 0. The highest BCUT2D eigenvalue weighted by Crippen LogP contribution is 2.26. The molecule has 19 heavy (non-hydrogen) atoms. The minimum Gasteiger partial charge on any atom is -0.478 e. The maximum Gasteiger partial charge on any atom is 0.337 e. The minimum atomic E-state index is -1.15. The number of benzene rings is 1. The molecule has 0 aromatic heterocycles. The minimum absolute atomic E-state index is 0.0112. The number of nitrogens with two attached hydrogens (primary N) is 1. The van der Waals surface area contributed by atoms with Gasteiger partial charge >= 0.3 is 5.97 Å². The number of amides is 2. The highest BCUT2D eigenvalue weighted by Gasteiger charge is 2.36. The molecule has 0 radical (unpaired) electrons. The molecule has 0 spiro atoms. The first-order valence-electron chi connectivity index (χ1n) is 5.60. The van der Waals surface area contributed by atoms with Gasteiger partial charge in [-0.3, -0.25) is 14.5 Å². The number of nitrogens with one attached hydrogen (secondary N) is 1. The van der Waals surface area contributed by atoms with E-state index in [2.05, 4.69) is 5.32 Å². The van der Waals surface area contributed by atoms with Crippen LogP contribution in [0.25, 0.3) is 0 Å². The number of aromatic carboxylic acids is 1. The SMILES string of the molecule is CN1C(=O)CC(Nc2c(N)cccc2C(=O)O)C1=O. The van der Waals surface area contributed by atoms with Crippen molar-refractivity contribution < 1.29 is 19.5 Å². The Morgan fingerprint density at radius 3 is 2.68 bits per heavy atom. The maximum atomic E-state index is 11.8. The van der Waals surface area contributed by atoms with Crippen molar-refractivity contribution in [3.05, 3.63) is 23.8 Å². The molecule has 1 unspecified atom stereocenters. The first-order chi connectivity index (χ1) is 8.91. The van der Waals surface area contributed by atoms with Crippen LogP contribution in [0.2, 0.25) is 0 Å². The summed E-state index contributed by atoms with van der Waals surface area (Å²) in [5.41, 5.74) is 6.06. The Morgan fingerprint density at radius 1 is 1.47 bits per heavy atom. The fraction of sp³-hybridized carbons (Fsp3) is 0.250. The molecule has 0 saturated carbocycles. The van der Waals surface area contributed by atoms with Gasteiger partial charge in [0.05, 0.1) is 23.4 Å². The van der Waals surface area contributed by atoms with Gasteiger partial charge in [0.15, 0.2) is 0 Å². The fourth-order valence-electron chi connectivity index (χ4n) is 1.95. The number of nitrogen functional groups attached to an aromatic ring is 1. The lowest BCUT2D eigenvalue weighted by Gasteiger charge is -2.16. The summed E-state index contributed by atoms with van der Waals surface area (Å²) >= 11 is 0. The van der Waals surface area contributed by atoms with E-state index in [1.165, 1.54) is 25.2 Å². The molecule has 1 atom stereocenters. The van der Waals surface area contributed by atoms with Crippen LogP contribution >= 0.6 is 0 Å². The summed E-state index contributed by atoms with van der Waals surface area (Å²) in [4.78, 5) is 35.3. The quantitative estimate of drug-likeness (QED) is 0.528. The van der Waals surface area contributed by atoms with E-state index >= 15 is 0 Å². The van der Waals surface area contributed by atoms with Crippen LogP contribution in [0.3, 0.4) is 0 Å². The van der Waals surface area contributed by atoms with Crippen LogP contribution in [0, 0.1) is 0 Å². The smallest absolute Gasteiger partial charge is 0.337 e. The standard InChI is InChI=1S/C12H13N3O4/c1-15-9(16)5-8(11(15)17)14-10-6(12(18)19)3-2-4-7(10)13/h2-4,8,14H,5,13H2,1H3,(H,18,19). The molecule has 2 amide bonds. The zero-order valence-electron chi connectivity index (χ0n) is 10.2. The van der Waals surface area contributed by atoms with Crippen LogP contribution in [0.15, 0.2) is 18.2 Å². The second kappa shape index (κ2) is 4.60. The van der Waals surface area contributed by atoms with Gasteiger partial charge in [0.1, 0.15) is 6.04 Å². The van der Waals surface area contributed by atoms with Gasteiger partial charge in [-0.2, -0.15) is 0 Å². The first-order valence-corrected chi connectivity index (χ1v) is 5.60. The van der Waals surface area contributed by atoms with Crippen molar-refractivity contribution in [2.45, 2.75) is 12.5 Å². The molecule has 2 rings (SSSR count). The third-order valence-electron chi connectivity index (χ3n) is 3.03. The van der Waals surface area contributed by atoms with E-state index in [9.17, 15) is 14.4 Å². The Balaban J connectivity index is 2.32. The van der Waals surface area contributed by atoms with E-state index in [0.29, 0.717) is 0 Å². The zero-order chi connectivity index (χ0) is 14.2. The number of imide groups is 1. The van der Waals surface area contributed by atoms with Crippen molar-refractivity contribution in [2.75, 3.05) is 18.1 Å². The van der Waals surface area contributed by atoms with Crippen molar-refractivity contribution in [3.63, 3.8) is 0 Å². The largest absolute Gasteiger partial charge is 0.478 e. The van der Waals surface area contributed by atoms with E-state index in [1.807, 2.05) is 0 Å². The summed E-state index contributed by atoms with van der Waals surface area (Å²) in [6, 6.07) is 3.64. The number of para-hydroxylation sites is 1. The Hall–Kier alpha value is -2.57. The Labute approximate surface area is 109 Å². The van der Waals surface area contributed by atoms with E-state index in [4.69, 9.17) is 10.8 Å². The third kappa shape index (κ3) is 2.22. The Bertz CT molecular complexity index is 570. The number of anilines is 2. The van der Waals surface area contributed by atoms with Gasteiger partial charge in [-0.15, -0.1) is 0 Å². The lowest BCUT2D eigenvalue weighted by molar-refractivity contribution is -0.136. The van der Waals surface area contributed by atoms with Crippen molar-refractivity contribution >= 4 is 29.2 Å². The number of nitrogens with zero attached hydrogens (tertiary/aromatic N) is 1. The monoisotopic (exact) mass is 263 g/mol. The Kier molecular flexibility index (Phi) is 3.12. The number of carbonyl (C=O) groups is 3. The average molecular weight is 263 g/mol. The molecule has 1 heterocycles. The number of likely N-dealkylation sites (N-methyl/N-ethyl adjacent to an activating group) is 1. The second-order valence-corrected chi connectivity index (χ2v) is 4.27. The van der Waals surface area contributed by atoms with Crippen molar-refractivity contribution in [1.29, 1.82) is 0 Å². The van der Waals surface area contributed by atoms with Crippen LogP contribution in [0.4, 0.5) is 11.4 Å². The molecule has 1 fully saturated rings. The molecule has 1 aliphatic rings. The van der Waals surface area contributed by atoms with Crippen molar-refractivity contribution in [1.82, 2.24) is 4.90 Å². The summed E-state index contributed by atoms with van der Waals surface area (Å²) in [7, 11) is 1.39. The number of carboxylic acid groups (broad SMARTS) is 1. The van der Waals surface area contributed by atoms with Gasteiger partial charge in [0, 0.05) is 7.05 Å². The summed E-state index contributed by atoms with van der Waals surface area (Å²) in [5, 5.41) is 11.8. The topological polar surface area (TPSA) is 113 Å². The van der Waals surface area contributed by atoms with Crippen LogP contribution in [-0.2, 0) is 9.59 Å². The van der Waals surface area contributed by atoms with E-state index in [1.54, 1.807) is 0 Å². The van der Waals surface area contributed by atoms with E-state index in [0.717, 1.165) is 4.90 Å². The fourth-order valence-corrected chi connectivity index (χ4v) is 1.95. The molecule has 1 aromatic rings. The van der Waals surface area contributed by atoms with Crippen LogP contribution < -0.4 is 11.1 Å². The van der Waals surface area contributed by atoms with E-state index in [-0.39, 0.29) is 29.3 Å². The van der Waals surface area contributed by atoms with Crippen molar-refractivity contribution in [2.24, 2.45) is 0 Å². The molecule has 0 bridgehead atoms. The lowest BCUT2D eigenvalue weighted by atomic mass is 10.1. The van der Waals surface area contributed by atoms with Crippen LogP contribution in [-0.4, -0.2) is 40.9 Å². The highest BCUT2D eigenvalue weighted by molar-refractivity contribution is 6.07. The number of carboxylic acids is 1. The number of hydrogen-bond acceptors (Lipinski definition) is 5. The number of hydrogen-bond donors (Lipinski definition) is 3. The van der Waals surface area contributed by atoms with Gasteiger partial charge < -0.3 is 16.2 Å². The molecular formula is C12H13N3O4. The van der Waals surface area contributed by atoms with Gasteiger partial charge in [-0.05, 0) is 12.1 Å². The molecule has 7 heteroatoms. The van der Waals surface area contributed by atoms with E-state index < -0.39 is 17.9 Å². The summed E-state index contributed by atoms with van der Waals surface area (Å²) in [6.07, 6.45) is -0.0112. The van der Waals surface area contributed by atoms with Gasteiger partial charge in [0.25, 0.3) is 5.91 Å². The molecule has 100 valence electrons. The normalized spacial score (nSPS) is 18.8. The molecule has 0 aliphatic carbocycles. The number of carbonyl (C=O) groups excluding carboxylic acids is 2. The van der Waals surface area contributed by atoms with Gasteiger partial charge in [-0.25, -0.2) is 4.79 Å². The van der Waals surface area contributed by atoms with Gasteiger partial charge in [-0.1, -0.05) is 6.07 Å². The predicted octanol–water partition coefficient (Wildman–Crippen LogP) is 0.136. The molecule has 4 N–H and O–H groups in total. The molecule has 1 aromatic carbocycles. The number of rotatable bonds is 3. The van der Waals surface area contributed by atoms with Gasteiger partial charge in [0.2, 0.25) is 5.91 Å². The predicted molar refractivity (Wildman–Crippen MR) is 67.6 cm³/mol. The van der Waals surface area contributed by atoms with Crippen LogP contribution in [0.1, 0.15) is 16.8 Å². The van der Waals surface area contributed by atoms with Crippen LogP contribution in [0.5, 0.6) is 0 Å². The number of likely N-dealkylation sites (tertiary alicyclic amines) is 1. The second-order valence-electron chi connectivity index (χ2n) is 4.27. The maximum absolute atomic E-state index is 11.8. The van der Waals surface area contributed by atoms with Crippen molar-refractivity contribution in [3.8, 4) is 0 Å². The molecule has 1 aliphatic heterocycles.